The number of carbonyl (C=O) groups excluding carboxylic acids is 1. The first-order valence-corrected chi connectivity index (χ1v) is 8.48. The lowest BCUT2D eigenvalue weighted by atomic mass is 9.76. The summed E-state index contributed by atoms with van der Waals surface area (Å²) in [6.07, 6.45) is 4.06. The summed E-state index contributed by atoms with van der Waals surface area (Å²) in [6.45, 7) is 6.49. The number of likely N-dealkylation sites (tertiary alicyclic amines) is 1. The van der Waals surface area contributed by atoms with Crippen molar-refractivity contribution in [3.05, 3.63) is 47.8 Å². The first kappa shape index (κ1) is 17.2. The zero-order valence-electron chi connectivity index (χ0n) is 14.8. The molecule has 25 heavy (non-hydrogen) atoms. The predicted octanol–water partition coefficient (Wildman–Crippen LogP) is 2.75. The third kappa shape index (κ3) is 2.92. The van der Waals surface area contributed by atoms with E-state index < -0.39 is 11.4 Å². The SMILES string of the molecule is Cc1cc(C(=O)N2CCC(C(=O)O)(C(C)C)C2)ccc1-n1cccn1. The molecule has 1 atom stereocenters. The van der Waals surface area contributed by atoms with Gasteiger partial charge in [0.2, 0.25) is 0 Å². The summed E-state index contributed by atoms with van der Waals surface area (Å²) >= 11 is 0. The van der Waals surface area contributed by atoms with Crippen molar-refractivity contribution in [2.45, 2.75) is 27.2 Å². The molecule has 1 N–H and O–H groups in total. The maximum atomic E-state index is 12.8. The van der Waals surface area contributed by atoms with Crippen LogP contribution in [-0.4, -0.2) is 44.8 Å². The summed E-state index contributed by atoms with van der Waals surface area (Å²) in [5.41, 5.74) is 1.60. The van der Waals surface area contributed by atoms with Gasteiger partial charge in [0, 0.05) is 31.0 Å². The zero-order chi connectivity index (χ0) is 18.2. The third-order valence-corrected chi connectivity index (χ3v) is 5.31. The van der Waals surface area contributed by atoms with Crippen molar-refractivity contribution in [1.82, 2.24) is 14.7 Å². The van der Waals surface area contributed by atoms with Gasteiger partial charge in [0.15, 0.2) is 0 Å². The molecule has 6 heteroatoms. The van der Waals surface area contributed by atoms with Crippen molar-refractivity contribution in [3.8, 4) is 5.69 Å². The van der Waals surface area contributed by atoms with E-state index >= 15 is 0 Å². The van der Waals surface area contributed by atoms with Gasteiger partial charge in [0.25, 0.3) is 5.91 Å². The summed E-state index contributed by atoms with van der Waals surface area (Å²) in [5, 5.41) is 13.9. The van der Waals surface area contributed by atoms with Gasteiger partial charge in [-0.25, -0.2) is 4.68 Å². The molecule has 1 aromatic heterocycles. The van der Waals surface area contributed by atoms with Crippen molar-refractivity contribution >= 4 is 11.9 Å². The van der Waals surface area contributed by atoms with Gasteiger partial charge in [-0.3, -0.25) is 9.59 Å². The van der Waals surface area contributed by atoms with E-state index in [4.69, 9.17) is 0 Å². The Balaban J connectivity index is 1.83. The van der Waals surface area contributed by atoms with Gasteiger partial charge in [0.05, 0.1) is 11.1 Å². The number of carboxylic acid groups (broad SMARTS) is 1. The van der Waals surface area contributed by atoms with Gasteiger partial charge in [-0.2, -0.15) is 5.10 Å². The summed E-state index contributed by atoms with van der Waals surface area (Å²) in [7, 11) is 0. The number of rotatable bonds is 4. The molecule has 1 amide bonds. The lowest BCUT2D eigenvalue weighted by Gasteiger charge is -2.28. The number of benzene rings is 1. The summed E-state index contributed by atoms with van der Waals surface area (Å²) < 4.78 is 1.76. The molecule has 0 aliphatic carbocycles. The molecule has 132 valence electrons. The van der Waals surface area contributed by atoms with E-state index in [0.29, 0.717) is 18.5 Å². The molecule has 1 unspecified atom stereocenters. The first-order valence-electron chi connectivity index (χ1n) is 8.48. The lowest BCUT2D eigenvalue weighted by molar-refractivity contribution is -0.150. The molecule has 0 radical (unpaired) electrons. The van der Waals surface area contributed by atoms with Crippen LogP contribution >= 0.6 is 0 Å². The largest absolute Gasteiger partial charge is 0.481 e. The number of nitrogens with zero attached hydrogens (tertiary/aromatic N) is 3. The molecule has 1 saturated heterocycles. The highest BCUT2D eigenvalue weighted by Crippen LogP contribution is 2.38. The summed E-state index contributed by atoms with van der Waals surface area (Å²) in [5.74, 6) is -0.950. The van der Waals surface area contributed by atoms with Crippen molar-refractivity contribution < 1.29 is 14.7 Å². The Morgan fingerprint density at radius 2 is 2.08 bits per heavy atom. The maximum Gasteiger partial charge on any atom is 0.311 e. The Morgan fingerprint density at radius 3 is 2.60 bits per heavy atom. The quantitative estimate of drug-likeness (QED) is 0.928. The molecule has 1 aliphatic rings. The highest BCUT2D eigenvalue weighted by Gasteiger charge is 2.48. The van der Waals surface area contributed by atoms with Crippen LogP contribution in [0.2, 0.25) is 0 Å². The molecular formula is C19H23N3O3. The molecule has 1 aliphatic heterocycles. The van der Waals surface area contributed by atoms with Gasteiger partial charge < -0.3 is 10.0 Å². The molecule has 2 heterocycles. The first-order chi connectivity index (χ1) is 11.8. The Bertz CT molecular complexity index is 798. The van der Waals surface area contributed by atoms with E-state index in [1.807, 2.05) is 45.2 Å². The monoisotopic (exact) mass is 341 g/mol. The van der Waals surface area contributed by atoms with E-state index in [-0.39, 0.29) is 18.4 Å². The summed E-state index contributed by atoms with van der Waals surface area (Å²) in [4.78, 5) is 26.3. The van der Waals surface area contributed by atoms with Crippen LogP contribution in [0.1, 0.15) is 36.2 Å². The van der Waals surface area contributed by atoms with E-state index in [1.54, 1.807) is 21.8 Å². The number of carboxylic acids is 1. The van der Waals surface area contributed by atoms with Crippen molar-refractivity contribution in [1.29, 1.82) is 0 Å². The Labute approximate surface area is 147 Å². The highest BCUT2D eigenvalue weighted by atomic mass is 16.4. The number of amides is 1. The molecule has 1 aromatic carbocycles. The molecule has 0 bridgehead atoms. The molecule has 6 nitrogen and oxygen atoms in total. The molecule has 1 fully saturated rings. The number of hydrogen-bond acceptors (Lipinski definition) is 3. The van der Waals surface area contributed by atoms with Crippen LogP contribution in [0.25, 0.3) is 5.69 Å². The predicted molar refractivity (Wildman–Crippen MR) is 93.7 cm³/mol. The molecule has 3 rings (SSSR count). The number of aliphatic carboxylic acids is 1. The van der Waals surface area contributed by atoms with Crippen LogP contribution in [0.3, 0.4) is 0 Å². The minimum Gasteiger partial charge on any atom is -0.481 e. The topological polar surface area (TPSA) is 75.4 Å². The fourth-order valence-electron chi connectivity index (χ4n) is 3.54. The van der Waals surface area contributed by atoms with Crippen molar-refractivity contribution in [2.75, 3.05) is 13.1 Å². The lowest BCUT2D eigenvalue weighted by Crippen LogP contribution is -2.40. The second-order valence-electron chi connectivity index (χ2n) is 7.04. The second kappa shape index (κ2) is 6.35. The van der Waals surface area contributed by atoms with Crippen LogP contribution < -0.4 is 0 Å². The zero-order valence-corrected chi connectivity index (χ0v) is 14.8. The number of aromatic nitrogens is 2. The average molecular weight is 341 g/mol. The Morgan fingerprint density at radius 1 is 1.32 bits per heavy atom. The Kier molecular flexibility index (Phi) is 4.37. The third-order valence-electron chi connectivity index (χ3n) is 5.31. The second-order valence-corrected chi connectivity index (χ2v) is 7.04. The van der Waals surface area contributed by atoms with E-state index in [1.165, 1.54) is 0 Å². The molecule has 2 aromatic rings. The average Bonchev–Trinajstić information content (AvgIpc) is 3.24. The smallest absolute Gasteiger partial charge is 0.311 e. The number of aryl methyl sites for hydroxylation is 1. The van der Waals surface area contributed by atoms with Crippen LogP contribution in [0.4, 0.5) is 0 Å². The fourth-order valence-corrected chi connectivity index (χ4v) is 3.54. The van der Waals surface area contributed by atoms with E-state index in [9.17, 15) is 14.7 Å². The minimum absolute atomic E-state index is 0.0215. The van der Waals surface area contributed by atoms with Crippen LogP contribution in [0.5, 0.6) is 0 Å². The van der Waals surface area contributed by atoms with Crippen molar-refractivity contribution in [3.63, 3.8) is 0 Å². The van der Waals surface area contributed by atoms with Crippen molar-refractivity contribution in [2.24, 2.45) is 11.3 Å². The highest BCUT2D eigenvalue weighted by molar-refractivity contribution is 5.95. The van der Waals surface area contributed by atoms with E-state index in [2.05, 4.69) is 5.10 Å². The Hall–Kier alpha value is -2.63. The van der Waals surface area contributed by atoms with Crippen LogP contribution in [0, 0.1) is 18.3 Å². The number of carbonyl (C=O) groups is 2. The van der Waals surface area contributed by atoms with Crippen LogP contribution in [0.15, 0.2) is 36.7 Å². The van der Waals surface area contributed by atoms with Gasteiger partial charge >= 0.3 is 5.97 Å². The minimum atomic E-state index is -0.848. The fraction of sp³-hybridized carbons (Fsp3) is 0.421. The standard InChI is InChI=1S/C19H23N3O3/c1-13(2)19(18(24)25)7-10-21(12-19)17(23)15-5-6-16(14(3)11-15)22-9-4-8-20-22/h4-6,8-9,11,13H,7,10,12H2,1-3H3,(H,24,25). The van der Waals surface area contributed by atoms with Crippen LogP contribution in [-0.2, 0) is 4.79 Å². The van der Waals surface area contributed by atoms with Gasteiger partial charge in [-0.15, -0.1) is 0 Å². The number of hydrogen-bond donors (Lipinski definition) is 1. The maximum absolute atomic E-state index is 12.8. The summed E-state index contributed by atoms with van der Waals surface area (Å²) in [6, 6.07) is 7.34. The molecule has 0 spiro atoms. The molecular weight excluding hydrogens is 318 g/mol. The molecule has 0 saturated carbocycles. The normalized spacial score (nSPS) is 20.2. The van der Waals surface area contributed by atoms with Gasteiger partial charge in [-0.05, 0) is 49.1 Å². The van der Waals surface area contributed by atoms with Gasteiger partial charge in [0.1, 0.15) is 0 Å². The van der Waals surface area contributed by atoms with Gasteiger partial charge in [-0.1, -0.05) is 13.8 Å². The van der Waals surface area contributed by atoms with E-state index in [0.717, 1.165) is 11.3 Å².